The fraction of sp³-hybridized carbons (Fsp3) is 0.643. The Morgan fingerprint density at radius 1 is 1.41 bits per heavy atom. The third-order valence-corrected chi connectivity index (χ3v) is 3.65. The fourth-order valence-corrected chi connectivity index (χ4v) is 2.54. The summed E-state index contributed by atoms with van der Waals surface area (Å²) >= 11 is 0. The SMILES string of the molecule is C[C@@H](O)c1ccc(N(C)CC2CCCC2)nc1. The first-order valence-electron chi connectivity index (χ1n) is 6.52. The molecule has 1 aliphatic carbocycles. The van der Waals surface area contributed by atoms with Gasteiger partial charge in [-0.05, 0) is 37.3 Å². The van der Waals surface area contributed by atoms with Gasteiger partial charge in [0, 0.05) is 19.8 Å². The standard InChI is InChI=1S/C14H22N2O/c1-11(17)13-7-8-14(15-9-13)16(2)10-12-5-3-4-6-12/h7-9,11-12,17H,3-6,10H2,1-2H3/t11-/m1/s1. The van der Waals surface area contributed by atoms with Crippen molar-refractivity contribution in [3.8, 4) is 0 Å². The molecule has 1 atom stereocenters. The molecule has 1 saturated carbocycles. The summed E-state index contributed by atoms with van der Waals surface area (Å²) in [6.07, 6.45) is 6.81. The normalized spacial score (nSPS) is 18.3. The summed E-state index contributed by atoms with van der Waals surface area (Å²) in [6, 6.07) is 3.95. The average molecular weight is 234 g/mol. The highest BCUT2D eigenvalue weighted by Crippen LogP contribution is 2.26. The Labute approximate surface area is 103 Å². The van der Waals surface area contributed by atoms with Gasteiger partial charge in [0.1, 0.15) is 5.82 Å². The molecule has 94 valence electrons. The summed E-state index contributed by atoms with van der Waals surface area (Å²) in [5.74, 6) is 1.83. The largest absolute Gasteiger partial charge is 0.389 e. The molecule has 0 amide bonds. The monoisotopic (exact) mass is 234 g/mol. The molecular weight excluding hydrogens is 212 g/mol. The van der Waals surface area contributed by atoms with Crippen molar-refractivity contribution < 1.29 is 5.11 Å². The van der Waals surface area contributed by atoms with Crippen molar-refractivity contribution in [3.05, 3.63) is 23.9 Å². The van der Waals surface area contributed by atoms with E-state index in [0.717, 1.165) is 23.8 Å². The van der Waals surface area contributed by atoms with Crippen LogP contribution in [0.4, 0.5) is 5.82 Å². The van der Waals surface area contributed by atoms with Gasteiger partial charge in [-0.15, -0.1) is 0 Å². The number of hydrogen-bond donors (Lipinski definition) is 1. The Bertz CT molecular complexity index is 342. The number of aliphatic hydroxyl groups is 1. The number of aromatic nitrogens is 1. The smallest absolute Gasteiger partial charge is 0.128 e. The zero-order valence-corrected chi connectivity index (χ0v) is 10.8. The molecule has 1 aliphatic rings. The lowest BCUT2D eigenvalue weighted by Crippen LogP contribution is -2.24. The maximum absolute atomic E-state index is 9.43. The summed E-state index contributed by atoms with van der Waals surface area (Å²) in [6.45, 7) is 2.86. The topological polar surface area (TPSA) is 36.4 Å². The molecular formula is C14H22N2O. The highest BCUT2D eigenvalue weighted by atomic mass is 16.3. The molecule has 1 N–H and O–H groups in total. The van der Waals surface area contributed by atoms with Crippen molar-refractivity contribution in [3.63, 3.8) is 0 Å². The van der Waals surface area contributed by atoms with Crippen LogP contribution in [0.25, 0.3) is 0 Å². The van der Waals surface area contributed by atoms with Gasteiger partial charge in [-0.3, -0.25) is 0 Å². The van der Waals surface area contributed by atoms with E-state index in [1.165, 1.54) is 25.7 Å². The minimum absolute atomic E-state index is 0.434. The molecule has 1 aromatic heterocycles. The van der Waals surface area contributed by atoms with Crippen LogP contribution in [0, 0.1) is 5.92 Å². The zero-order valence-electron chi connectivity index (χ0n) is 10.8. The van der Waals surface area contributed by atoms with E-state index in [2.05, 4.69) is 16.9 Å². The van der Waals surface area contributed by atoms with Gasteiger partial charge in [0.15, 0.2) is 0 Å². The molecule has 0 bridgehead atoms. The number of pyridine rings is 1. The molecule has 1 aromatic rings. The minimum Gasteiger partial charge on any atom is -0.389 e. The van der Waals surface area contributed by atoms with Gasteiger partial charge < -0.3 is 10.0 Å². The van der Waals surface area contributed by atoms with Crippen molar-refractivity contribution in [1.82, 2.24) is 4.98 Å². The van der Waals surface area contributed by atoms with E-state index in [1.54, 1.807) is 13.1 Å². The molecule has 2 rings (SSSR count). The van der Waals surface area contributed by atoms with Crippen molar-refractivity contribution in [1.29, 1.82) is 0 Å². The summed E-state index contributed by atoms with van der Waals surface area (Å²) < 4.78 is 0. The van der Waals surface area contributed by atoms with Crippen LogP contribution in [-0.2, 0) is 0 Å². The number of rotatable bonds is 4. The van der Waals surface area contributed by atoms with Gasteiger partial charge in [-0.1, -0.05) is 18.9 Å². The van der Waals surface area contributed by atoms with Crippen molar-refractivity contribution >= 4 is 5.82 Å². The van der Waals surface area contributed by atoms with Gasteiger partial charge in [-0.2, -0.15) is 0 Å². The fourth-order valence-electron chi connectivity index (χ4n) is 2.54. The zero-order chi connectivity index (χ0) is 12.3. The first-order valence-corrected chi connectivity index (χ1v) is 6.52. The van der Waals surface area contributed by atoms with Gasteiger partial charge in [0.2, 0.25) is 0 Å². The van der Waals surface area contributed by atoms with E-state index in [1.807, 2.05) is 12.1 Å². The first kappa shape index (κ1) is 12.4. The highest BCUT2D eigenvalue weighted by Gasteiger charge is 2.17. The molecule has 3 heteroatoms. The number of aliphatic hydroxyl groups excluding tert-OH is 1. The van der Waals surface area contributed by atoms with Gasteiger partial charge in [-0.25, -0.2) is 4.98 Å². The maximum atomic E-state index is 9.43. The Morgan fingerprint density at radius 2 is 2.12 bits per heavy atom. The molecule has 17 heavy (non-hydrogen) atoms. The van der Waals surface area contributed by atoms with Gasteiger partial charge in [0.05, 0.1) is 6.10 Å². The summed E-state index contributed by atoms with van der Waals surface area (Å²) in [4.78, 5) is 6.63. The van der Waals surface area contributed by atoms with E-state index in [0.29, 0.717) is 0 Å². The highest BCUT2D eigenvalue weighted by molar-refractivity contribution is 5.38. The first-order chi connectivity index (χ1) is 8.16. The quantitative estimate of drug-likeness (QED) is 0.870. The number of nitrogens with zero attached hydrogens (tertiary/aromatic N) is 2. The molecule has 0 unspecified atom stereocenters. The molecule has 1 fully saturated rings. The van der Waals surface area contributed by atoms with E-state index in [-0.39, 0.29) is 0 Å². The molecule has 0 radical (unpaired) electrons. The molecule has 3 nitrogen and oxygen atoms in total. The Hall–Kier alpha value is -1.09. The van der Waals surface area contributed by atoms with Crippen LogP contribution in [-0.4, -0.2) is 23.7 Å². The van der Waals surface area contributed by atoms with Crippen LogP contribution in [0.1, 0.15) is 44.3 Å². The van der Waals surface area contributed by atoms with Crippen LogP contribution in [0.3, 0.4) is 0 Å². The number of hydrogen-bond acceptors (Lipinski definition) is 3. The van der Waals surface area contributed by atoms with E-state index < -0.39 is 6.10 Å². The second kappa shape index (κ2) is 5.50. The Balaban J connectivity index is 1.96. The van der Waals surface area contributed by atoms with Crippen LogP contribution in [0.15, 0.2) is 18.3 Å². The van der Waals surface area contributed by atoms with Gasteiger partial charge >= 0.3 is 0 Å². The molecule has 0 aromatic carbocycles. The lowest BCUT2D eigenvalue weighted by atomic mass is 10.1. The lowest BCUT2D eigenvalue weighted by Gasteiger charge is -2.22. The average Bonchev–Trinajstić information content (AvgIpc) is 2.82. The third-order valence-electron chi connectivity index (χ3n) is 3.65. The molecule has 1 heterocycles. The summed E-state index contributed by atoms with van der Waals surface area (Å²) in [5, 5.41) is 9.43. The third kappa shape index (κ3) is 3.19. The maximum Gasteiger partial charge on any atom is 0.128 e. The van der Waals surface area contributed by atoms with E-state index in [9.17, 15) is 5.11 Å². The molecule has 0 saturated heterocycles. The minimum atomic E-state index is -0.434. The van der Waals surface area contributed by atoms with Crippen molar-refractivity contribution in [2.45, 2.75) is 38.7 Å². The van der Waals surface area contributed by atoms with Crippen LogP contribution < -0.4 is 4.90 Å². The molecule has 0 spiro atoms. The summed E-state index contributed by atoms with van der Waals surface area (Å²) in [7, 11) is 2.10. The van der Waals surface area contributed by atoms with Crippen molar-refractivity contribution in [2.24, 2.45) is 5.92 Å². The van der Waals surface area contributed by atoms with Crippen LogP contribution >= 0.6 is 0 Å². The van der Waals surface area contributed by atoms with E-state index >= 15 is 0 Å². The lowest BCUT2D eigenvalue weighted by molar-refractivity contribution is 0.199. The Morgan fingerprint density at radius 3 is 2.65 bits per heavy atom. The van der Waals surface area contributed by atoms with E-state index in [4.69, 9.17) is 0 Å². The van der Waals surface area contributed by atoms with Crippen LogP contribution in [0.5, 0.6) is 0 Å². The van der Waals surface area contributed by atoms with Gasteiger partial charge in [0.25, 0.3) is 0 Å². The predicted octanol–water partition coefficient (Wildman–Crippen LogP) is 2.76. The predicted molar refractivity (Wildman–Crippen MR) is 70.1 cm³/mol. The second-order valence-electron chi connectivity index (χ2n) is 5.16. The van der Waals surface area contributed by atoms with Crippen molar-refractivity contribution in [2.75, 3.05) is 18.5 Å². The summed E-state index contributed by atoms with van der Waals surface area (Å²) in [5.41, 5.74) is 0.878. The second-order valence-corrected chi connectivity index (χ2v) is 5.16. The van der Waals surface area contributed by atoms with Crippen LogP contribution in [0.2, 0.25) is 0 Å². The molecule has 0 aliphatic heterocycles. The number of anilines is 1. The Kier molecular flexibility index (Phi) is 4.00.